The van der Waals surface area contributed by atoms with Crippen LogP contribution in [-0.4, -0.2) is 59.2 Å². The summed E-state index contributed by atoms with van der Waals surface area (Å²) >= 11 is 9.74. The van der Waals surface area contributed by atoms with Crippen LogP contribution < -0.4 is 4.74 Å². The number of halogens is 9. The summed E-state index contributed by atoms with van der Waals surface area (Å²) < 4.78 is 86.9. The summed E-state index contributed by atoms with van der Waals surface area (Å²) in [5.41, 5.74) is 2.63. The summed E-state index contributed by atoms with van der Waals surface area (Å²) in [6.07, 6.45) is -10.4. The van der Waals surface area contributed by atoms with E-state index in [0.29, 0.717) is 32.4 Å². The first-order valence-electron chi connectivity index (χ1n) is 18.2. The Balaban J connectivity index is 0.000000232. The zero-order valence-corrected chi connectivity index (χ0v) is 37.2. The number of aromatic nitrogens is 6. The molecule has 8 aromatic rings. The summed E-state index contributed by atoms with van der Waals surface area (Å²) in [6, 6.07) is 32.8. The Labute approximate surface area is 398 Å². The van der Waals surface area contributed by atoms with Crippen molar-refractivity contribution in [2.75, 3.05) is 7.11 Å². The van der Waals surface area contributed by atoms with Gasteiger partial charge in [-0.2, -0.15) is 26.3 Å². The van der Waals surface area contributed by atoms with Crippen LogP contribution in [0.2, 0.25) is 0 Å². The average molecular weight is 1110 g/mol. The lowest BCUT2D eigenvalue weighted by Crippen LogP contribution is -2.19. The van der Waals surface area contributed by atoms with Gasteiger partial charge >= 0.3 is 24.3 Å². The molecule has 6 aromatic carbocycles. The van der Waals surface area contributed by atoms with E-state index in [0.717, 1.165) is 51.9 Å². The summed E-state index contributed by atoms with van der Waals surface area (Å²) in [7, 11) is 1.21. The molecule has 0 spiro atoms. The molecule has 2 unspecified atom stereocenters. The van der Waals surface area contributed by atoms with Gasteiger partial charge in [0.1, 0.15) is 49.8 Å². The van der Waals surface area contributed by atoms with Gasteiger partial charge in [0, 0.05) is 14.5 Å². The number of fused-ring (bicyclic) bond motifs is 2. The zero-order chi connectivity index (χ0) is 46.3. The Bertz CT molecular complexity index is 2850. The third-order valence-electron chi connectivity index (χ3n) is 8.81. The minimum atomic E-state index is -4.52. The van der Waals surface area contributed by atoms with Gasteiger partial charge in [-0.25, -0.2) is 4.79 Å². The van der Waals surface area contributed by atoms with Crippen molar-refractivity contribution in [1.82, 2.24) is 30.0 Å². The summed E-state index contributed by atoms with van der Waals surface area (Å²) in [5.74, 6) is -1.61. The highest BCUT2D eigenvalue weighted by Gasteiger charge is 2.32. The van der Waals surface area contributed by atoms with Crippen LogP contribution in [0.4, 0.5) is 26.3 Å². The van der Waals surface area contributed by atoms with Crippen LogP contribution in [0.5, 0.6) is 11.5 Å². The molecule has 2 atom stereocenters. The van der Waals surface area contributed by atoms with Crippen molar-refractivity contribution >= 4 is 81.8 Å². The smallest absolute Gasteiger partial charge is 0.416 e. The van der Waals surface area contributed by atoms with Crippen LogP contribution in [0.1, 0.15) is 48.0 Å². The topological polar surface area (TPSA) is 154 Å². The SMILES string of the molecule is C.C.COC(=O)C(Br)c1ccc(C(F)(F)F)cc1.O=C(O)C(Oc1ccc(Br)cc1-n1nc2ccccc2n1)c1ccc(C(F)(F)F)cc1.Oc1ccc(Br)cc1-n1nc2ccccc2n1. The maximum Gasteiger partial charge on any atom is 0.416 e. The van der Waals surface area contributed by atoms with Crippen molar-refractivity contribution in [3.63, 3.8) is 0 Å². The molecule has 0 saturated carbocycles. The standard InChI is InChI=1S/C21H13BrF3N3O3.C12H8BrN3O.C10H8BrF3O2.2CH4/c22-14-9-10-18(17(11-14)28-26-15-3-1-2-4-16(15)27-28)31-19(20(29)30)12-5-7-13(8-6-12)21(23,24)25;13-8-5-6-12(17)11(7-8)16-14-9-3-1-2-4-10(9)15-16;1-16-9(15)8(11)6-2-4-7(5-3-6)10(12,13)14;;/h1-11,19H,(H,29,30);1-7,17H;2-5,8H,1H3;2*1H4. The Morgan fingerprint density at radius 2 is 1.00 bits per heavy atom. The van der Waals surface area contributed by atoms with Gasteiger partial charge in [-0.15, -0.1) is 30.0 Å². The van der Waals surface area contributed by atoms with Gasteiger partial charge in [0.2, 0.25) is 6.10 Å². The molecule has 12 nitrogen and oxygen atoms in total. The molecule has 66 heavy (non-hydrogen) atoms. The number of phenolic OH excluding ortho intramolecular Hbond substituents is 1. The van der Waals surface area contributed by atoms with E-state index in [-0.39, 0.29) is 31.9 Å². The van der Waals surface area contributed by atoms with Gasteiger partial charge in [-0.3, -0.25) is 4.79 Å². The number of hydrogen-bond donors (Lipinski definition) is 2. The van der Waals surface area contributed by atoms with Crippen LogP contribution in [0, 0.1) is 0 Å². The fraction of sp³-hybridized carbons (Fsp3) is 0.156. The van der Waals surface area contributed by atoms with Crippen molar-refractivity contribution in [1.29, 1.82) is 0 Å². The molecule has 346 valence electrons. The number of carbonyl (C=O) groups is 2. The molecule has 0 radical (unpaired) electrons. The Morgan fingerprint density at radius 1 is 0.606 bits per heavy atom. The van der Waals surface area contributed by atoms with Crippen LogP contribution in [-0.2, 0) is 26.7 Å². The predicted octanol–water partition coefficient (Wildman–Crippen LogP) is 12.9. The lowest BCUT2D eigenvalue weighted by Gasteiger charge is -2.18. The first-order chi connectivity index (χ1) is 30.3. The lowest BCUT2D eigenvalue weighted by molar-refractivity contribution is -0.145. The second-order valence-corrected chi connectivity index (χ2v) is 15.9. The molecule has 0 bridgehead atoms. The highest BCUT2D eigenvalue weighted by atomic mass is 79.9. The average Bonchev–Trinajstić information content (AvgIpc) is 3.91. The van der Waals surface area contributed by atoms with Gasteiger partial charge < -0.3 is 19.7 Å². The quantitative estimate of drug-likeness (QED) is 0.0853. The third kappa shape index (κ3) is 12.9. The van der Waals surface area contributed by atoms with Crippen LogP contribution in [0.15, 0.2) is 142 Å². The highest BCUT2D eigenvalue weighted by molar-refractivity contribution is 9.10. The number of alkyl halides is 7. The van der Waals surface area contributed by atoms with Crippen molar-refractivity contribution < 1.29 is 55.6 Å². The monoisotopic (exact) mass is 1110 g/mol. The second-order valence-electron chi connectivity index (χ2n) is 13.2. The molecule has 0 saturated heterocycles. The van der Waals surface area contributed by atoms with Crippen LogP contribution in [0.3, 0.4) is 0 Å². The van der Waals surface area contributed by atoms with Gasteiger partial charge in [0.15, 0.2) is 0 Å². The molecular weight excluding hydrogens is 1070 g/mol. The van der Waals surface area contributed by atoms with Gasteiger partial charge in [0.25, 0.3) is 0 Å². The number of benzene rings is 6. The fourth-order valence-corrected chi connectivity index (χ4v) is 6.84. The number of ether oxygens (including phenoxy) is 2. The largest absolute Gasteiger partial charge is 0.506 e. The molecule has 8 rings (SSSR count). The van der Waals surface area contributed by atoms with Crippen LogP contribution in [0.25, 0.3) is 33.4 Å². The molecule has 2 N–H and O–H groups in total. The molecular formula is C45H37Br3F6N6O6. The number of rotatable bonds is 8. The Morgan fingerprint density at radius 3 is 1.41 bits per heavy atom. The normalized spacial score (nSPS) is 12.0. The number of hydrogen-bond acceptors (Lipinski definition) is 9. The molecule has 21 heteroatoms. The number of aromatic hydroxyl groups is 1. The van der Waals surface area contributed by atoms with Crippen molar-refractivity contribution in [2.45, 2.75) is 38.1 Å². The minimum absolute atomic E-state index is 0. The number of carboxylic acid groups (broad SMARTS) is 1. The number of esters is 1. The molecule has 2 heterocycles. The van der Waals surface area contributed by atoms with Gasteiger partial charge in [-0.05, 0) is 90.5 Å². The summed E-state index contributed by atoms with van der Waals surface area (Å²) in [4.78, 5) is 25.0. The van der Waals surface area contributed by atoms with Crippen molar-refractivity contribution in [3.05, 3.63) is 165 Å². The summed E-state index contributed by atoms with van der Waals surface area (Å²) in [5, 5.41) is 36.8. The molecule has 0 aliphatic carbocycles. The maximum atomic E-state index is 12.8. The predicted molar refractivity (Wildman–Crippen MR) is 246 cm³/mol. The third-order valence-corrected chi connectivity index (χ3v) is 10.7. The van der Waals surface area contributed by atoms with E-state index in [4.69, 9.17) is 4.74 Å². The van der Waals surface area contributed by atoms with E-state index in [2.05, 4.69) is 72.9 Å². The summed E-state index contributed by atoms with van der Waals surface area (Å²) in [6.45, 7) is 0. The molecule has 0 aliphatic rings. The van der Waals surface area contributed by atoms with E-state index >= 15 is 0 Å². The number of methoxy groups -OCH3 is 1. The fourth-order valence-electron chi connectivity index (χ4n) is 5.65. The van der Waals surface area contributed by atoms with E-state index in [1.54, 1.807) is 42.5 Å². The van der Waals surface area contributed by atoms with Crippen molar-refractivity contribution in [3.8, 4) is 22.9 Å². The molecule has 0 fully saturated rings. The first-order valence-corrected chi connectivity index (χ1v) is 20.7. The molecule has 0 aliphatic heterocycles. The minimum Gasteiger partial charge on any atom is -0.506 e. The zero-order valence-electron chi connectivity index (χ0n) is 32.5. The lowest BCUT2D eigenvalue weighted by atomic mass is 10.1. The number of phenols is 1. The van der Waals surface area contributed by atoms with E-state index in [1.807, 2.05) is 36.4 Å². The van der Waals surface area contributed by atoms with E-state index in [1.165, 1.54) is 34.9 Å². The second kappa shape index (κ2) is 22.2. The van der Waals surface area contributed by atoms with Crippen LogP contribution >= 0.6 is 47.8 Å². The van der Waals surface area contributed by atoms with Gasteiger partial charge in [-0.1, -0.05) is 111 Å². The maximum absolute atomic E-state index is 12.8. The molecule has 2 aromatic heterocycles. The van der Waals surface area contributed by atoms with Gasteiger partial charge in [0.05, 0.1) is 18.2 Å². The van der Waals surface area contributed by atoms with Crippen molar-refractivity contribution in [2.24, 2.45) is 0 Å². The highest BCUT2D eigenvalue weighted by Crippen LogP contribution is 2.35. The number of nitrogens with zero attached hydrogens (tertiary/aromatic N) is 6. The molecule has 0 amide bonds. The Hall–Kier alpha value is -6.32. The number of carboxylic acids is 1. The number of carbonyl (C=O) groups excluding carboxylic acids is 1. The van der Waals surface area contributed by atoms with E-state index < -0.39 is 46.3 Å². The van der Waals surface area contributed by atoms with E-state index in [9.17, 15) is 46.1 Å². The number of aliphatic carboxylic acids is 1. The Kier molecular flexibility index (Phi) is 17.6. The first kappa shape index (κ1) is 52.3.